The number of aliphatic imine (C=N–C) groups is 1. The molecule has 0 atom stereocenters. The van der Waals surface area contributed by atoms with Crippen LogP contribution < -0.4 is 28.3 Å². The number of carbonyl (C=O) groups is 2. The molecular weight excluding hydrogens is 334 g/mol. The third-order valence-electron chi connectivity index (χ3n) is 2.65. The number of unbranched alkanes of at least 4 members (excludes halogenated alkanes) is 4. The molecule has 0 aromatic rings. The van der Waals surface area contributed by atoms with E-state index in [0.29, 0.717) is 32.2 Å². The van der Waals surface area contributed by atoms with Gasteiger partial charge in [0.25, 0.3) is 0 Å². The van der Waals surface area contributed by atoms with Gasteiger partial charge in [-0.2, -0.15) is 0 Å². The smallest absolute Gasteiger partial charge is 0.217 e. The first kappa shape index (κ1) is 26.8. The van der Waals surface area contributed by atoms with Crippen molar-refractivity contribution in [3.05, 3.63) is 0 Å². The Balaban J connectivity index is -0.000000364. The van der Waals surface area contributed by atoms with Crippen molar-refractivity contribution in [3.8, 4) is 0 Å². The second kappa shape index (κ2) is 19.0. The summed E-state index contributed by atoms with van der Waals surface area (Å²) in [5.41, 5.74) is 20.2. The first-order valence-electron chi connectivity index (χ1n) is 7.77. The highest BCUT2D eigenvalue weighted by Gasteiger charge is 1.96. The van der Waals surface area contributed by atoms with E-state index in [1.54, 1.807) is 0 Å². The van der Waals surface area contributed by atoms with E-state index in [2.05, 4.69) is 17.2 Å². The lowest BCUT2D eigenvalue weighted by atomic mass is 10.2. The van der Waals surface area contributed by atoms with Crippen LogP contribution in [-0.2, 0) is 9.59 Å². The minimum absolute atomic E-state index is 0. The summed E-state index contributed by atoms with van der Waals surface area (Å²) in [5.74, 6) is -0.604. The van der Waals surface area contributed by atoms with Gasteiger partial charge in [-0.3, -0.25) is 25.3 Å². The first-order chi connectivity index (χ1) is 10.8. The number of rotatable bonds is 10. The van der Waals surface area contributed by atoms with E-state index in [4.69, 9.17) is 28.3 Å². The van der Waals surface area contributed by atoms with Gasteiger partial charge in [0.05, 0.1) is 0 Å². The number of hydrogen-bond donors (Lipinski definition) is 6. The van der Waals surface area contributed by atoms with Crippen LogP contribution in [0.1, 0.15) is 58.3 Å². The lowest BCUT2D eigenvalue weighted by Gasteiger charge is -2.01. The average Bonchev–Trinajstić information content (AvgIpc) is 2.43. The van der Waals surface area contributed by atoms with E-state index in [9.17, 15) is 9.59 Å². The lowest BCUT2D eigenvalue weighted by molar-refractivity contribution is -0.119. The number of guanidine groups is 2. The van der Waals surface area contributed by atoms with Crippen LogP contribution in [0.2, 0.25) is 0 Å². The molecule has 0 unspecified atom stereocenters. The molecule has 0 aliphatic heterocycles. The van der Waals surface area contributed by atoms with Crippen molar-refractivity contribution >= 4 is 36.1 Å². The molecule has 10 heteroatoms. The number of hydrogen-bond acceptors (Lipinski definition) is 4. The first-order valence-corrected chi connectivity index (χ1v) is 7.77. The zero-order valence-electron chi connectivity index (χ0n) is 14.3. The highest BCUT2D eigenvalue weighted by atomic mass is 35.5. The van der Waals surface area contributed by atoms with Gasteiger partial charge < -0.3 is 22.9 Å². The van der Waals surface area contributed by atoms with E-state index in [0.717, 1.165) is 6.42 Å². The molecule has 0 saturated heterocycles. The monoisotopic (exact) mass is 365 g/mol. The summed E-state index contributed by atoms with van der Waals surface area (Å²) >= 11 is 0. The standard InChI is InChI=1S/C8H19N5.C6H12N2O2.ClH/c1-2-3-4-5-6-12-8(11)13-7(9)10;7-5(9)3-1-2-4-6(8)10;/h2-6H2,1H3,(H6,9,10,11,12,13);1-4H2,(H2,7,9)(H2,8,10);1H. The SMILES string of the molecule is CCCCCCN=C(N)NC(=N)N.Cl.NC(=O)CCCCC(N)=O. The number of amides is 2. The largest absolute Gasteiger partial charge is 0.370 e. The molecule has 0 saturated carbocycles. The Morgan fingerprint density at radius 1 is 0.917 bits per heavy atom. The van der Waals surface area contributed by atoms with Crippen molar-refractivity contribution in [1.29, 1.82) is 5.41 Å². The maximum atomic E-state index is 10.2. The molecule has 2 amide bonds. The fraction of sp³-hybridized carbons (Fsp3) is 0.714. The minimum Gasteiger partial charge on any atom is -0.370 e. The Hall–Kier alpha value is -2.03. The number of halogens is 1. The highest BCUT2D eigenvalue weighted by molar-refractivity contribution is 5.95. The molecule has 9 nitrogen and oxygen atoms in total. The van der Waals surface area contributed by atoms with Crippen LogP contribution >= 0.6 is 12.4 Å². The van der Waals surface area contributed by atoms with Gasteiger partial charge in [-0.15, -0.1) is 12.4 Å². The topological polar surface area (TPSA) is 186 Å². The second-order valence-corrected chi connectivity index (χ2v) is 5.01. The van der Waals surface area contributed by atoms with Gasteiger partial charge in [0.1, 0.15) is 0 Å². The van der Waals surface area contributed by atoms with Crippen molar-refractivity contribution in [2.24, 2.45) is 27.9 Å². The summed E-state index contributed by atoms with van der Waals surface area (Å²) in [7, 11) is 0. The lowest BCUT2D eigenvalue weighted by Crippen LogP contribution is -2.40. The zero-order valence-corrected chi connectivity index (χ0v) is 15.2. The maximum absolute atomic E-state index is 10.2. The summed E-state index contributed by atoms with van der Waals surface area (Å²) in [5, 5.41) is 9.30. The Morgan fingerprint density at radius 2 is 1.42 bits per heavy atom. The quantitative estimate of drug-likeness (QED) is 0.184. The van der Waals surface area contributed by atoms with Gasteiger partial charge in [-0.1, -0.05) is 26.2 Å². The third-order valence-corrected chi connectivity index (χ3v) is 2.65. The third kappa shape index (κ3) is 28.2. The van der Waals surface area contributed by atoms with Crippen molar-refractivity contribution in [3.63, 3.8) is 0 Å². The summed E-state index contributed by atoms with van der Waals surface area (Å²) < 4.78 is 0. The Bertz CT molecular complexity index is 373. The molecule has 0 aromatic heterocycles. The van der Waals surface area contributed by atoms with Crippen LogP contribution in [0.15, 0.2) is 4.99 Å². The molecule has 142 valence electrons. The zero-order chi connectivity index (χ0) is 18.1. The number of carbonyl (C=O) groups excluding carboxylic acids is 2. The summed E-state index contributed by atoms with van der Waals surface area (Å²) in [6.45, 7) is 2.86. The van der Waals surface area contributed by atoms with Crippen LogP contribution in [0, 0.1) is 5.41 Å². The minimum atomic E-state index is -0.329. The van der Waals surface area contributed by atoms with E-state index < -0.39 is 0 Å². The van der Waals surface area contributed by atoms with Gasteiger partial charge in [0.2, 0.25) is 11.8 Å². The van der Waals surface area contributed by atoms with Crippen molar-refractivity contribution in [2.45, 2.75) is 58.3 Å². The molecule has 0 fully saturated rings. The molecule has 24 heavy (non-hydrogen) atoms. The molecule has 10 N–H and O–H groups in total. The molecule has 0 bridgehead atoms. The molecule has 0 radical (unpaired) electrons. The normalized spacial score (nSPS) is 9.96. The van der Waals surface area contributed by atoms with E-state index >= 15 is 0 Å². The summed E-state index contributed by atoms with van der Waals surface area (Å²) in [6.07, 6.45) is 6.64. The van der Waals surface area contributed by atoms with Gasteiger partial charge in [-0.25, -0.2) is 0 Å². The Morgan fingerprint density at radius 3 is 1.79 bits per heavy atom. The van der Waals surface area contributed by atoms with Gasteiger partial charge in [0.15, 0.2) is 11.9 Å². The molecule has 0 rings (SSSR count). The highest BCUT2D eigenvalue weighted by Crippen LogP contribution is 1.98. The number of nitrogens with two attached hydrogens (primary N) is 4. The second-order valence-electron chi connectivity index (χ2n) is 5.01. The predicted molar refractivity (Wildman–Crippen MR) is 99.8 cm³/mol. The van der Waals surface area contributed by atoms with Gasteiger partial charge >= 0.3 is 0 Å². The van der Waals surface area contributed by atoms with Crippen LogP contribution in [-0.4, -0.2) is 30.3 Å². The maximum Gasteiger partial charge on any atom is 0.217 e. The molecule has 0 heterocycles. The number of nitrogens with one attached hydrogen (secondary N) is 2. The molecule has 0 spiro atoms. The van der Waals surface area contributed by atoms with Crippen molar-refractivity contribution < 1.29 is 9.59 Å². The number of primary amides is 2. The van der Waals surface area contributed by atoms with Crippen molar-refractivity contribution in [2.75, 3.05) is 6.54 Å². The summed E-state index contributed by atoms with van der Waals surface area (Å²) in [4.78, 5) is 24.3. The van der Waals surface area contributed by atoms with Crippen LogP contribution in [0.25, 0.3) is 0 Å². The Kier molecular flexibility index (Phi) is 21.3. The van der Waals surface area contributed by atoms with Crippen LogP contribution in [0.3, 0.4) is 0 Å². The fourth-order valence-electron chi connectivity index (χ4n) is 1.51. The molecular formula is C14H32ClN7O2. The number of nitrogens with zero attached hydrogens (tertiary/aromatic N) is 1. The predicted octanol–water partition coefficient (Wildman–Crippen LogP) is 0.304. The van der Waals surface area contributed by atoms with E-state index in [1.807, 2.05) is 0 Å². The summed E-state index contributed by atoms with van der Waals surface area (Å²) in [6, 6.07) is 0. The molecule has 0 aliphatic rings. The van der Waals surface area contributed by atoms with Crippen LogP contribution in [0.5, 0.6) is 0 Å². The fourth-order valence-corrected chi connectivity index (χ4v) is 1.51. The Labute approximate surface area is 149 Å². The van der Waals surface area contributed by atoms with E-state index in [-0.39, 0.29) is 36.1 Å². The average molecular weight is 366 g/mol. The van der Waals surface area contributed by atoms with Gasteiger partial charge in [0, 0.05) is 19.4 Å². The molecule has 0 aromatic carbocycles. The van der Waals surface area contributed by atoms with Gasteiger partial charge in [-0.05, 0) is 19.3 Å². The van der Waals surface area contributed by atoms with Crippen LogP contribution in [0.4, 0.5) is 0 Å². The molecule has 0 aliphatic carbocycles. The van der Waals surface area contributed by atoms with E-state index in [1.165, 1.54) is 19.3 Å². The van der Waals surface area contributed by atoms with Crippen molar-refractivity contribution in [1.82, 2.24) is 5.32 Å².